The van der Waals surface area contributed by atoms with Crippen LogP contribution in [0.15, 0.2) is 59.6 Å². The smallest absolute Gasteiger partial charge is 0.266 e. The molecular weight excluding hydrogens is 506 g/mol. The summed E-state index contributed by atoms with van der Waals surface area (Å²) in [6.45, 7) is 2.45. The quantitative estimate of drug-likeness (QED) is 0.274. The Bertz CT molecular complexity index is 1250. The average molecular weight is 528 g/mol. The van der Waals surface area contributed by atoms with Crippen LogP contribution < -0.4 is 5.32 Å². The maximum atomic E-state index is 12.8. The van der Waals surface area contributed by atoms with Gasteiger partial charge in [-0.1, -0.05) is 83.6 Å². The zero-order valence-electron chi connectivity index (χ0n) is 18.4. The number of nitrogens with one attached hydrogen (secondary N) is 1. The highest BCUT2D eigenvalue weighted by molar-refractivity contribution is 8.26. The third kappa shape index (κ3) is 6.33. The van der Waals surface area contributed by atoms with Crippen LogP contribution >= 0.6 is 46.9 Å². The largest absolute Gasteiger partial charge is 0.302 e. The molecule has 3 aromatic rings. The molecule has 1 saturated heterocycles. The Hall–Kier alpha value is -2.52. The van der Waals surface area contributed by atoms with E-state index in [1.54, 1.807) is 23.2 Å². The highest BCUT2D eigenvalue weighted by Crippen LogP contribution is 2.34. The molecule has 0 aliphatic carbocycles. The fourth-order valence-electron chi connectivity index (χ4n) is 3.36. The van der Waals surface area contributed by atoms with Crippen LogP contribution in [-0.4, -0.2) is 32.6 Å². The summed E-state index contributed by atoms with van der Waals surface area (Å²) < 4.78 is 0.490. The summed E-state index contributed by atoms with van der Waals surface area (Å²) in [6, 6.07) is 15.7. The van der Waals surface area contributed by atoms with Crippen LogP contribution in [-0.2, 0) is 16.0 Å². The van der Waals surface area contributed by atoms with Gasteiger partial charge in [0.1, 0.15) is 4.32 Å². The first-order chi connectivity index (χ1) is 16.4. The lowest BCUT2D eigenvalue weighted by molar-refractivity contribution is -0.122. The standard InChI is InChI=1S/C25H22ClN3O2S3/c1-16-8-10-17(11-9-16)13-19-15-27-24(33-19)28-22(30)7-4-12-29-23(31)21(34-25(29)32)14-18-5-2-3-6-20(18)26/h2-3,5-6,8-11,14-15H,4,7,12-13H2,1H3,(H,27,28,30)/b21-14-. The van der Waals surface area contributed by atoms with Gasteiger partial charge in [-0.3, -0.25) is 14.5 Å². The molecule has 0 spiro atoms. The maximum absolute atomic E-state index is 12.8. The van der Waals surface area contributed by atoms with Gasteiger partial charge in [0.05, 0.1) is 4.91 Å². The Labute approximate surface area is 217 Å². The topological polar surface area (TPSA) is 62.3 Å². The first kappa shape index (κ1) is 24.6. The third-order valence-electron chi connectivity index (χ3n) is 5.15. The molecule has 1 aromatic heterocycles. The monoisotopic (exact) mass is 527 g/mol. The van der Waals surface area contributed by atoms with Gasteiger partial charge >= 0.3 is 0 Å². The van der Waals surface area contributed by atoms with Crippen LogP contribution in [0, 0.1) is 6.92 Å². The molecule has 0 radical (unpaired) electrons. The number of rotatable bonds is 8. The number of nitrogens with zero attached hydrogens (tertiary/aromatic N) is 2. The number of hydrogen-bond donors (Lipinski definition) is 1. The van der Waals surface area contributed by atoms with Crippen molar-refractivity contribution in [3.63, 3.8) is 0 Å². The van der Waals surface area contributed by atoms with Crippen molar-refractivity contribution in [2.75, 3.05) is 11.9 Å². The summed E-state index contributed by atoms with van der Waals surface area (Å²) >= 11 is 14.3. The van der Waals surface area contributed by atoms with Crippen molar-refractivity contribution in [3.05, 3.63) is 86.2 Å². The lowest BCUT2D eigenvalue weighted by Crippen LogP contribution is -2.29. The van der Waals surface area contributed by atoms with Crippen molar-refractivity contribution in [2.45, 2.75) is 26.2 Å². The number of aromatic nitrogens is 1. The minimum absolute atomic E-state index is 0.131. The number of carbonyl (C=O) groups is 2. The molecule has 174 valence electrons. The normalized spacial score (nSPS) is 14.8. The molecule has 0 saturated carbocycles. The molecule has 4 rings (SSSR count). The zero-order valence-corrected chi connectivity index (χ0v) is 21.6. The second kappa shape index (κ2) is 11.3. The molecule has 0 bridgehead atoms. The highest BCUT2D eigenvalue weighted by atomic mass is 35.5. The summed E-state index contributed by atoms with van der Waals surface area (Å²) in [5.41, 5.74) is 3.21. The number of thiazole rings is 1. The number of hydrogen-bond acceptors (Lipinski definition) is 6. The maximum Gasteiger partial charge on any atom is 0.266 e. The molecule has 2 aromatic carbocycles. The van der Waals surface area contributed by atoms with Gasteiger partial charge < -0.3 is 5.32 Å². The number of thiocarbonyl (C=S) groups is 1. The van der Waals surface area contributed by atoms with Gasteiger partial charge in [-0.05, 0) is 36.6 Å². The summed E-state index contributed by atoms with van der Waals surface area (Å²) in [7, 11) is 0. The molecule has 2 amide bonds. The van der Waals surface area contributed by atoms with Crippen molar-refractivity contribution < 1.29 is 9.59 Å². The van der Waals surface area contributed by atoms with E-state index >= 15 is 0 Å². The van der Waals surface area contributed by atoms with Crippen LogP contribution in [0.4, 0.5) is 5.13 Å². The first-order valence-corrected chi connectivity index (χ1v) is 13.1. The molecule has 1 fully saturated rings. The molecular formula is C25H22ClN3O2S3. The lowest BCUT2D eigenvalue weighted by atomic mass is 10.1. The summed E-state index contributed by atoms with van der Waals surface area (Å²) in [6.07, 6.45) is 5.10. The number of anilines is 1. The number of amides is 2. The van der Waals surface area contributed by atoms with Crippen molar-refractivity contribution in [1.29, 1.82) is 0 Å². The first-order valence-electron chi connectivity index (χ1n) is 10.7. The molecule has 1 aliphatic heterocycles. The predicted octanol–water partition coefficient (Wildman–Crippen LogP) is 6.32. The van der Waals surface area contributed by atoms with Crippen LogP contribution in [0.3, 0.4) is 0 Å². The number of benzene rings is 2. The Morgan fingerprint density at radius 1 is 1.21 bits per heavy atom. The Morgan fingerprint density at radius 3 is 2.74 bits per heavy atom. The van der Waals surface area contributed by atoms with E-state index in [1.807, 2.05) is 18.2 Å². The van der Waals surface area contributed by atoms with Crippen LogP contribution in [0.2, 0.25) is 5.02 Å². The number of carbonyl (C=O) groups excluding carboxylic acids is 2. The van der Waals surface area contributed by atoms with Gasteiger partial charge in [-0.25, -0.2) is 4.98 Å². The molecule has 9 heteroatoms. The van der Waals surface area contributed by atoms with E-state index in [1.165, 1.54) is 34.2 Å². The van der Waals surface area contributed by atoms with E-state index in [0.717, 1.165) is 16.9 Å². The molecule has 34 heavy (non-hydrogen) atoms. The van der Waals surface area contributed by atoms with Gasteiger partial charge in [0, 0.05) is 35.5 Å². The van der Waals surface area contributed by atoms with Crippen LogP contribution in [0.5, 0.6) is 0 Å². The molecule has 1 N–H and O–H groups in total. The van der Waals surface area contributed by atoms with E-state index in [-0.39, 0.29) is 18.2 Å². The Balaban J connectivity index is 1.26. The van der Waals surface area contributed by atoms with Crippen molar-refractivity contribution in [1.82, 2.24) is 9.88 Å². The predicted molar refractivity (Wildman–Crippen MR) is 145 cm³/mol. The SMILES string of the molecule is Cc1ccc(Cc2cnc(NC(=O)CCCN3C(=O)/C(=C/c4ccccc4Cl)SC3=S)s2)cc1. The summed E-state index contributed by atoms with van der Waals surface area (Å²) in [4.78, 5) is 32.6. The molecule has 0 unspecified atom stereocenters. The molecule has 0 atom stereocenters. The fourth-order valence-corrected chi connectivity index (χ4v) is 5.71. The minimum atomic E-state index is -0.156. The van der Waals surface area contributed by atoms with Crippen LogP contribution in [0.1, 0.15) is 34.4 Å². The number of aryl methyl sites for hydroxylation is 1. The summed E-state index contributed by atoms with van der Waals surface area (Å²) in [5.74, 6) is -0.288. The highest BCUT2D eigenvalue weighted by Gasteiger charge is 2.31. The van der Waals surface area contributed by atoms with E-state index in [9.17, 15) is 9.59 Å². The van der Waals surface area contributed by atoms with E-state index in [4.69, 9.17) is 23.8 Å². The second-order valence-electron chi connectivity index (χ2n) is 7.80. The van der Waals surface area contributed by atoms with Gasteiger partial charge in [0.15, 0.2) is 5.13 Å². The second-order valence-corrected chi connectivity index (χ2v) is 11.0. The zero-order chi connectivity index (χ0) is 24.1. The van der Waals surface area contributed by atoms with E-state index in [0.29, 0.717) is 32.3 Å². The van der Waals surface area contributed by atoms with E-state index < -0.39 is 0 Å². The van der Waals surface area contributed by atoms with Crippen molar-refractivity contribution in [2.24, 2.45) is 0 Å². The van der Waals surface area contributed by atoms with Gasteiger partial charge in [-0.15, -0.1) is 11.3 Å². The van der Waals surface area contributed by atoms with Crippen molar-refractivity contribution >= 4 is 74.3 Å². The van der Waals surface area contributed by atoms with Crippen LogP contribution in [0.25, 0.3) is 6.08 Å². The number of thioether (sulfide) groups is 1. The van der Waals surface area contributed by atoms with Gasteiger partial charge in [0.25, 0.3) is 5.91 Å². The fraction of sp³-hybridized carbons (Fsp3) is 0.200. The average Bonchev–Trinajstić information content (AvgIpc) is 3.35. The van der Waals surface area contributed by atoms with Gasteiger partial charge in [0.2, 0.25) is 5.91 Å². The molecule has 5 nitrogen and oxygen atoms in total. The van der Waals surface area contributed by atoms with E-state index in [2.05, 4.69) is 41.5 Å². The minimum Gasteiger partial charge on any atom is -0.302 e. The van der Waals surface area contributed by atoms with Crippen molar-refractivity contribution in [3.8, 4) is 0 Å². The Kier molecular flexibility index (Phi) is 8.15. The Morgan fingerprint density at radius 2 is 1.97 bits per heavy atom. The summed E-state index contributed by atoms with van der Waals surface area (Å²) in [5, 5.41) is 4.01. The molecule has 1 aliphatic rings. The lowest BCUT2D eigenvalue weighted by Gasteiger charge is -2.13. The van der Waals surface area contributed by atoms with Gasteiger partial charge in [-0.2, -0.15) is 0 Å². The number of halogens is 1. The molecule has 2 heterocycles. The third-order valence-corrected chi connectivity index (χ3v) is 7.78.